The molecule has 2 atom stereocenters. The lowest BCUT2D eigenvalue weighted by Gasteiger charge is -2.24. The minimum atomic E-state index is -0.612. The number of fused-ring (bicyclic) bond motifs is 1. The van der Waals surface area contributed by atoms with E-state index >= 15 is 0 Å². The summed E-state index contributed by atoms with van der Waals surface area (Å²) in [5.74, 6) is 0.604. The number of nitrogens with one attached hydrogen (secondary N) is 2. The number of aliphatic hydroxyl groups excluding tert-OH is 1. The van der Waals surface area contributed by atoms with Gasteiger partial charge in [0.15, 0.2) is 0 Å². The summed E-state index contributed by atoms with van der Waals surface area (Å²) >= 11 is 0. The van der Waals surface area contributed by atoms with Crippen molar-refractivity contribution in [1.82, 2.24) is 10.6 Å². The van der Waals surface area contributed by atoms with E-state index in [2.05, 4.69) is 15.6 Å². The molecule has 1 aliphatic carbocycles. The van der Waals surface area contributed by atoms with Crippen LogP contribution < -0.4 is 10.6 Å². The normalized spacial score (nSPS) is 22.8. The summed E-state index contributed by atoms with van der Waals surface area (Å²) in [6.45, 7) is 6.72. The average Bonchev–Trinajstić information content (AvgIpc) is 2.73. The van der Waals surface area contributed by atoms with Gasteiger partial charge in [-0.05, 0) is 32.9 Å². The Balaban J connectivity index is 1.82. The number of nitrogens with zero attached hydrogens (tertiary/aromatic N) is 1. The maximum absolute atomic E-state index is 11.2. The molecule has 6 nitrogen and oxygen atoms in total. The molecule has 6 heteroatoms. The topological polar surface area (TPSA) is 82.9 Å². The van der Waals surface area contributed by atoms with Crippen LogP contribution >= 0.6 is 0 Å². The molecule has 0 aromatic rings. The minimum Gasteiger partial charge on any atom is -0.493 e. The first-order valence-electron chi connectivity index (χ1n) is 6.68. The van der Waals surface area contributed by atoms with Crippen LogP contribution in [-0.2, 0) is 4.74 Å². The Kier molecular flexibility index (Phi) is 4.25. The molecule has 0 radical (unpaired) electrons. The molecule has 2 amide bonds. The van der Waals surface area contributed by atoms with Crippen LogP contribution in [0, 0.1) is 0 Å². The predicted molar refractivity (Wildman–Crippen MR) is 76.7 cm³/mol. The molecule has 2 unspecified atom stereocenters. The summed E-state index contributed by atoms with van der Waals surface area (Å²) in [5.41, 5.74) is 0.599. The van der Waals surface area contributed by atoms with Gasteiger partial charge in [0.05, 0.1) is 5.71 Å². The number of carbonyl (C=O) groups is 1. The Morgan fingerprint density at radius 1 is 1.55 bits per heavy atom. The summed E-state index contributed by atoms with van der Waals surface area (Å²) in [6.07, 6.45) is 4.72. The molecule has 1 aliphatic heterocycles. The van der Waals surface area contributed by atoms with Gasteiger partial charge in [-0.15, -0.1) is 0 Å². The van der Waals surface area contributed by atoms with Crippen LogP contribution in [0.2, 0.25) is 0 Å². The van der Waals surface area contributed by atoms with Crippen LogP contribution in [-0.4, -0.2) is 47.7 Å². The van der Waals surface area contributed by atoms with Crippen molar-refractivity contribution in [2.45, 2.75) is 38.5 Å². The lowest BCUT2D eigenvalue weighted by molar-refractivity contribution is 0.0634. The molecular formula is C14H21N3O3. The fraction of sp³-hybridized carbons (Fsp3) is 0.571. The number of carbonyl (C=O) groups excluding carboxylic acids is 1. The van der Waals surface area contributed by atoms with Gasteiger partial charge in [0.2, 0.25) is 0 Å². The Morgan fingerprint density at radius 2 is 2.30 bits per heavy atom. The molecule has 0 saturated carbocycles. The second kappa shape index (κ2) is 5.76. The van der Waals surface area contributed by atoms with Crippen molar-refractivity contribution in [2.24, 2.45) is 4.99 Å². The fourth-order valence-corrected chi connectivity index (χ4v) is 1.91. The Bertz CT molecular complexity index is 475. The van der Waals surface area contributed by atoms with E-state index < -0.39 is 6.10 Å². The summed E-state index contributed by atoms with van der Waals surface area (Å²) in [6, 6.07) is -0.684. The van der Waals surface area contributed by atoms with Crippen LogP contribution in [0.15, 0.2) is 29.0 Å². The van der Waals surface area contributed by atoms with Crippen molar-refractivity contribution in [3.8, 4) is 0 Å². The molecule has 0 bridgehead atoms. The second-order valence-electron chi connectivity index (χ2n) is 5.94. The number of urea groups is 1. The molecule has 0 aromatic heterocycles. The second-order valence-corrected chi connectivity index (χ2v) is 5.94. The third-order valence-corrected chi connectivity index (χ3v) is 2.92. The molecule has 3 N–H and O–H groups in total. The van der Waals surface area contributed by atoms with Gasteiger partial charge >= 0.3 is 6.03 Å². The van der Waals surface area contributed by atoms with Gasteiger partial charge in [-0.25, -0.2) is 4.79 Å². The first-order valence-corrected chi connectivity index (χ1v) is 6.68. The molecule has 20 heavy (non-hydrogen) atoms. The Hall–Kier alpha value is -1.66. The number of hydrogen-bond acceptors (Lipinski definition) is 4. The highest BCUT2D eigenvalue weighted by Gasteiger charge is 2.30. The molecule has 0 fully saturated rings. The highest BCUT2D eigenvalue weighted by atomic mass is 16.5. The van der Waals surface area contributed by atoms with Crippen molar-refractivity contribution in [2.75, 3.05) is 13.2 Å². The van der Waals surface area contributed by atoms with E-state index in [1.165, 1.54) is 0 Å². The van der Waals surface area contributed by atoms with Crippen molar-refractivity contribution < 1.29 is 14.6 Å². The summed E-state index contributed by atoms with van der Waals surface area (Å²) < 4.78 is 5.60. The van der Waals surface area contributed by atoms with Gasteiger partial charge in [-0.1, -0.05) is 6.08 Å². The van der Waals surface area contributed by atoms with Gasteiger partial charge in [0, 0.05) is 12.1 Å². The number of hydrogen-bond donors (Lipinski definition) is 3. The van der Waals surface area contributed by atoms with Crippen LogP contribution in [0.1, 0.15) is 20.8 Å². The quantitative estimate of drug-likeness (QED) is 0.693. The van der Waals surface area contributed by atoms with E-state index in [9.17, 15) is 9.90 Å². The standard InChI is InChI=1S/C14H21N3O3/c1-14(2,3)15-7-9(18)8-20-11-6-4-5-10-12(11)17-13(19)16-10/h4-6,9,12,15,18H,7-8H2,1-3H3,(H,17,19). The SMILES string of the molecule is CC(C)(C)NCC(O)COC1=CC=CC2=NC(=O)NC12. The lowest BCUT2D eigenvalue weighted by atomic mass is 10.1. The molecule has 0 saturated heterocycles. The largest absolute Gasteiger partial charge is 0.493 e. The van der Waals surface area contributed by atoms with Crippen molar-refractivity contribution in [3.63, 3.8) is 0 Å². The summed E-state index contributed by atoms with van der Waals surface area (Å²) in [4.78, 5) is 15.1. The van der Waals surface area contributed by atoms with E-state index in [1.807, 2.05) is 20.8 Å². The fourth-order valence-electron chi connectivity index (χ4n) is 1.91. The van der Waals surface area contributed by atoms with E-state index in [1.54, 1.807) is 18.2 Å². The molecule has 0 aromatic carbocycles. The van der Waals surface area contributed by atoms with E-state index in [0.29, 0.717) is 18.0 Å². The van der Waals surface area contributed by atoms with Crippen molar-refractivity contribution >= 4 is 11.7 Å². The number of aliphatic hydroxyl groups is 1. The van der Waals surface area contributed by atoms with Crippen LogP contribution in [0.3, 0.4) is 0 Å². The Labute approximate surface area is 118 Å². The van der Waals surface area contributed by atoms with Gasteiger partial charge in [-0.2, -0.15) is 4.99 Å². The molecule has 0 spiro atoms. The van der Waals surface area contributed by atoms with Gasteiger partial charge in [0.1, 0.15) is 24.5 Å². The lowest BCUT2D eigenvalue weighted by Crippen LogP contribution is -2.42. The highest BCUT2D eigenvalue weighted by molar-refractivity contribution is 6.13. The van der Waals surface area contributed by atoms with Crippen LogP contribution in [0.5, 0.6) is 0 Å². The molecule has 2 rings (SSSR count). The maximum Gasteiger partial charge on any atom is 0.342 e. The Morgan fingerprint density at radius 3 is 3.00 bits per heavy atom. The third-order valence-electron chi connectivity index (χ3n) is 2.92. The van der Waals surface area contributed by atoms with Crippen molar-refractivity contribution in [3.05, 3.63) is 24.0 Å². The van der Waals surface area contributed by atoms with Gasteiger partial charge < -0.3 is 20.5 Å². The zero-order valence-electron chi connectivity index (χ0n) is 12.0. The predicted octanol–water partition coefficient (Wildman–Crippen LogP) is 0.739. The number of aliphatic imine (C=N–C) groups is 1. The first-order chi connectivity index (χ1) is 9.35. The van der Waals surface area contributed by atoms with Crippen molar-refractivity contribution in [1.29, 1.82) is 0 Å². The number of ether oxygens (including phenoxy) is 1. The third kappa shape index (κ3) is 3.91. The van der Waals surface area contributed by atoms with E-state index in [4.69, 9.17) is 4.74 Å². The zero-order valence-corrected chi connectivity index (χ0v) is 12.0. The molecule has 2 aliphatic rings. The van der Waals surface area contributed by atoms with Gasteiger partial charge in [0.25, 0.3) is 0 Å². The molecule has 110 valence electrons. The molecular weight excluding hydrogens is 258 g/mol. The van der Waals surface area contributed by atoms with E-state index in [-0.39, 0.29) is 24.2 Å². The van der Waals surface area contributed by atoms with Gasteiger partial charge in [-0.3, -0.25) is 0 Å². The smallest absolute Gasteiger partial charge is 0.342 e. The number of rotatable bonds is 5. The number of amides is 2. The van der Waals surface area contributed by atoms with Crippen LogP contribution in [0.25, 0.3) is 0 Å². The summed E-state index contributed by atoms with van der Waals surface area (Å²) in [7, 11) is 0. The monoisotopic (exact) mass is 279 g/mol. The minimum absolute atomic E-state index is 0.0485. The zero-order chi connectivity index (χ0) is 14.8. The number of allylic oxidation sites excluding steroid dienone is 2. The maximum atomic E-state index is 11.2. The highest BCUT2D eigenvalue weighted by Crippen LogP contribution is 2.17. The number of β-amino-alcohol motifs (C(OH)–C–C–N with tert-alkyl or cyclic N) is 1. The summed E-state index contributed by atoms with van der Waals surface area (Å²) in [5, 5.41) is 15.8. The molecule has 1 heterocycles. The average molecular weight is 279 g/mol. The van der Waals surface area contributed by atoms with Crippen LogP contribution in [0.4, 0.5) is 4.79 Å². The van der Waals surface area contributed by atoms with E-state index in [0.717, 1.165) is 0 Å². The first kappa shape index (κ1) is 14.7.